The van der Waals surface area contributed by atoms with Crippen molar-refractivity contribution in [3.63, 3.8) is 0 Å². The Morgan fingerprint density at radius 1 is 1.08 bits per heavy atom. The molecule has 0 bridgehead atoms. The van der Waals surface area contributed by atoms with Crippen LogP contribution in [-0.2, 0) is 11.0 Å². The second-order valence-electron chi connectivity index (χ2n) is 5.96. The number of hydrogen-bond acceptors (Lipinski definition) is 3. The average molecular weight is 341 g/mol. The number of nitrogens with zero attached hydrogens (tertiary/aromatic N) is 2. The third-order valence-corrected chi connectivity index (χ3v) is 3.96. The largest absolute Gasteiger partial charge is 0.416 e. The highest BCUT2D eigenvalue weighted by Crippen LogP contribution is 2.28. The van der Waals surface area contributed by atoms with E-state index in [0.29, 0.717) is 12.1 Å². The zero-order valence-electron chi connectivity index (χ0n) is 13.5. The van der Waals surface area contributed by atoms with Crippen LogP contribution >= 0.6 is 0 Å². The second kappa shape index (κ2) is 8.82. The SMILES string of the molecule is O=C(CN1CCCCCCC1)N/N=C/c1ccc(C(F)(F)F)cc1. The van der Waals surface area contributed by atoms with E-state index in [9.17, 15) is 18.0 Å². The summed E-state index contributed by atoms with van der Waals surface area (Å²) in [5, 5.41) is 3.81. The Hall–Kier alpha value is -1.89. The van der Waals surface area contributed by atoms with Crippen LogP contribution in [0, 0.1) is 0 Å². The maximum atomic E-state index is 12.5. The molecule has 132 valence electrons. The first kappa shape index (κ1) is 18.4. The predicted molar refractivity (Wildman–Crippen MR) is 86.7 cm³/mol. The first-order valence-electron chi connectivity index (χ1n) is 8.17. The Morgan fingerprint density at radius 3 is 2.25 bits per heavy atom. The fourth-order valence-electron chi connectivity index (χ4n) is 2.65. The average Bonchev–Trinajstić information content (AvgIpc) is 2.49. The lowest BCUT2D eigenvalue weighted by atomic mass is 10.1. The Balaban J connectivity index is 1.79. The van der Waals surface area contributed by atoms with Crippen LogP contribution in [0.15, 0.2) is 29.4 Å². The van der Waals surface area contributed by atoms with Crippen molar-refractivity contribution >= 4 is 12.1 Å². The summed E-state index contributed by atoms with van der Waals surface area (Å²) >= 11 is 0. The molecular formula is C17H22F3N3O. The zero-order chi connectivity index (χ0) is 17.4. The van der Waals surface area contributed by atoms with E-state index >= 15 is 0 Å². The molecule has 2 rings (SSSR count). The standard InChI is InChI=1S/C17H22F3N3O/c18-17(19,20)15-8-6-14(7-9-15)12-21-22-16(24)13-23-10-4-2-1-3-5-11-23/h6-9,12H,1-5,10-11,13H2,(H,22,24)/b21-12+. The van der Waals surface area contributed by atoms with Crippen LogP contribution in [0.5, 0.6) is 0 Å². The van der Waals surface area contributed by atoms with Crippen LogP contribution in [0.3, 0.4) is 0 Å². The maximum Gasteiger partial charge on any atom is 0.416 e. The lowest BCUT2D eigenvalue weighted by Crippen LogP contribution is -2.37. The van der Waals surface area contributed by atoms with Gasteiger partial charge in [0.2, 0.25) is 0 Å². The van der Waals surface area contributed by atoms with E-state index in [4.69, 9.17) is 0 Å². The Bertz CT molecular complexity index is 547. The molecule has 1 aliphatic rings. The first-order chi connectivity index (χ1) is 11.4. The van der Waals surface area contributed by atoms with Crippen LogP contribution in [0.4, 0.5) is 13.2 Å². The molecule has 1 fully saturated rings. The van der Waals surface area contributed by atoms with Gasteiger partial charge in [-0.3, -0.25) is 9.69 Å². The Labute approximate surface area is 139 Å². The monoisotopic (exact) mass is 341 g/mol. The van der Waals surface area contributed by atoms with E-state index in [0.717, 1.165) is 38.1 Å². The summed E-state index contributed by atoms with van der Waals surface area (Å²) in [5.41, 5.74) is 2.21. The normalized spacial score (nSPS) is 17.5. The van der Waals surface area contributed by atoms with Gasteiger partial charge in [-0.1, -0.05) is 31.4 Å². The summed E-state index contributed by atoms with van der Waals surface area (Å²) in [6, 6.07) is 4.61. The second-order valence-corrected chi connectivity index (χ2v) is 5.96. The highest BCUT2D eigenvalue weighted by atomic mass is 19.4. The van der Waals surface area contributed by atoms with Crippen LogP contribution in [0.2, 0.25) is 0 Å². The van der Waals surface area contributed by atoms with Gasteiger partial charge in [0.05, 0.1) is 18.3 Å². The summed E-state index contributed by atoms with van der Waals surface area (Å²) in [7, 11) is 0. The van der Waals surface area contributed by atoms with E-state index < -0.39 is 11.7 Å². The van der Waals surface area contributed by atoms with Gasteiger partial charge in [0.15, 0.2) is 0 Å². The van der Waals surface area contributed by atoms with Crippen molar-refractivity contribution in [2.45, 2.75) is 38.3 Å². The van der Waals surface area contributed by atoms with Crippen LogP contribution in [-0.4, -0.2) is 36.7 Å². The summed E-state index contributed by atoms with van der Waals surface area (Å²) in [6.07, 6.45) is 2.84. The lowest BCUT2D eigenvalue weighted by Gasteiger charge is -2.23. The summed E-state index contributed by atoms with van der Waals surface area (Å²) in [6.45, 7) is 2.12. The van der Waals surface area contributed by atoms with Crippen LogP contribution < -0.4 is 5.43 Å². The molecule has 0 aromatic heterocycles. The molecular weight excluding hydrogens is 319 g/mol. The number of likely N-dealkylation sites (tertiary alicyclic amines) is 1. The fourth-order valence-corrected chi connectivity index (χ4v) is 2.65. The van der Waals surface area contributed by atoms with Crippen LogP contribution in [0.1, 0.15) is 43.2 Å². The van der Waals surface area contributed by atoms with E-state index in [-0.39, 0.29) is 5.91 Å². The Morgan fingerprint density at radius 2 is 1.67 bits per heavy atom. The van der Waals surface area contributed by atoms with Crippen molar-refractivity contribution in [1.29, 1.82) is 0 Å². The number of carbonyl (C=O) groups is 1. The highest BCUT2D eigenvalue weighted by molar-refractivity contribution is 5.83. The van der Waals surface area contributed by atoms with Gasteiger partial charge in [0.25, 0.3) is 5.91 Å². The molecule has 0 saturated carbocycles. The number of benzene rings is 1. The van der Waals surface area contributed by atoms with Crippen molar-refractivity contribution in [1.82, 2.24) is 10.3 Å². The molecule has 1 heterocycles. The van der Waals surface area contributed by atoms with Gasteiger partial charge in [-0.25, -0.2) is 5.43 Å². The molecule has 4 nitrogen and oxygen atoms in total. The minimum absolute atomic E-state index is 0.210. The van der Waals surface area contributed by atoms with Gasteiger partial charge in [-0.2, -0.15) is 18.3 Å². The topological polar surface area (TPSA) is 44.7 Å². The molecule has 24 heavy (non-hydrogen) atoms. The van der Waals surface area contributed by atoms with E-state index in [1.807, 2.05) is 0 Å². The van der Waals surface area contributed by atoms with Crippen molar-refractivity contribution in [2.75, 3.05) is 19.6 Å². The Kier molecular flexibility index (Phi) is 6.78. The smallest absolute Gasteiger partial charge is 0.294 e. The first-order valence-corrected chi connectivity index (χ1v) is 8.17. The number of hydrazone groups is 1. The van der Waals surface area contributed by atoms with Crippen molar-refractivity contribution in [3.8, 4) is 0 Å². The number of alkyl halides is 3. The molecule has 1 N–H and O–H groups in total. The third-order valence-electron chi connectivity index (χ3n) is 3.96. The van der Waals surface area contributed by atoms with Crippen molar-refractivity contribution < 1.29 is 18.0 Å². The lowest BCUT2D eigenvalue weighted by molar-refractivity contribution is -0.137. The molecule has 0 aliphatic carbocycles. The molecule has 0 radical (unpaired) electrons. The van der Waals surface area contributed by atoms with Gasteiger partial charge in [0.1, 0.15) is 0 Å². The highest BCUT2D eigenvalue weighted by Gasteiger charge is 2.29. The van der Waals surface area contributed by atoms with E-state index in [1.165, 1.54) is 37.6 Å². The fraction of sp³-hybridized carbons (Fsp3) is 0.529. The summed E-state index contributed by atoms with van der Waals surface area (Å²) in [4.78, 5) is 14.0. The molecule has 0 atom stereocenters. The molecule has 1 saturated heterocycles. The molecule has 1 amide bonds. The van der Waals surface area contributed by atoms with Crippen molar-refractivity contribution in [3.05, 3.63) is 35.4 Å². The number of carbonyl (C=O) groups excluding carboxylic acids is 1. The minimum Gasteiger partial charge on any atom is -0.294 e. The van der Waals surface area contributed by atoms with Gasteiger partial charge < -0.3 is 0 Å². The van der Waals surface area contributed by atoms with Gasteiger partial charge in [-0.05, 0) is 43.6 Å². The zero-order valence-corrected chi connectivity index (χ0v) is 13.5. The molecule has 0 spiro atoms. The summed E-state index contributed by atoms with van der Waals surface area (Å²) in [5.74, 6) is -0.210. The number of nitrogens with one attached hydrogen (secondary N) is 1. The van der Waals surface area contributed by atoms with Crippen LogP contribution in [0.25, 0.3) is 0 Å². The molecule has 1 aromatic carbocycles. The minimum atomic E-state index is -4.35. The molecule has 1 aliphatic heterocycles. The van der Waals surface area contributed by atoms with E-state index in [1.54, 1.807) is 0 Å². The maximum absolute atomic E-state index is 12.5. The number of rotatable bonds is 4. The van der Waals surface area contributed by atoms with Gasteiger partial charge in [-0.15, -0.1) is 0 Å². The quantitative estimate of drug-likeness (QED) is 0.674. The predicted octanol–water partition coefficient (Wildman–Crippen LogP) is 3.42. The number of hydrogen-bond donors (Lipinski definition) is 1. The number of amides is 1. The van der Waals surface area contributed by atoms with Gasteiger partial charge in [0, 0.05) is 0 Å². The third kappa shape index (κ3) is 6.31. The molecule has 0 unspecified atom stereocenters. The summed E-state index contributed by atoms with van der Waals surface area (Å²) < 4.78 is 37.4. The molecule has 1 aromatic rings. The molecule has 7 heteroatoms. The van der Waals surface area contributed by atoms with Crippen molar-refractivity contribution in [2.24, 2.45) is 5.10 Å². The number of halogens is 3. The van der Waals surface area contributed by atoms with E-state index in [2.05, 4.69) is 15.4 Å². The van der Waals surface area contributed by atoms with Gasteiger partial charge >= 0.3 is 6.18 Å².